The molecule has 8 heteroatoms. The predicted octanol–water partition coefficient (Wildman–Crippen LogP) is 2.53. The summed E-state index contributed by atoms with van der Waals surface area (Å²) < 4.78 is 16.1. The molecule has 140 valence electrons. The maximum atomic E-state index is 12.3. The molecular formula is C18H22N2O6. The molecule has 8 nitrogen and oxygen atoms in total. The maximum Gasteiger partial charge on any atom is 0.375 e. The molecule has 1 aromatic carbocycles. The van der Waals surface area contributed by atoms with Gasteiger partial charge in [-0.2, -0.15) is 0 Å². The van der Waals surface area contributed by atoms with Crippen LogP contribution in [0.1, 0.15) is 36.9 Å². The minimum absolute atomic E-state index is 0.00584. The van der Waals surface area contributed by atoms with Crippen LogP contribution in [-0.2, 0) is 9.53 Å². The quantitative estimate of drug-likeness (QED) is 0.765. The van der Waals surface area contributed by atoms with Gasteiger partial charge in [0.15, 0.2) is 6.10 Å². The number of ether oxygens (including phenoxy) is 2. The topological polar surface area (TPSA) is 107 Å². The van der Waals surface area contributed by atoms with E-state index in [-0.39, 0.29) is 5.76 Å². The Morgan fingerprint density at radius 3 is 2.62 bits per heavy atom. The lowest BCUT2D eigenvalue weighted by atomic mass is 10.1. The van der Waals surface area contributed by atoms with Crippen molar-refractivity contribution < 1.29 is 28.3 Å². The number of amides is 3. The van der Waals surface area contributed by atoms with Crippen molar-refractivity contribution in [1.82, 2.24) is 10.6 Å². The van der Waals surface area contributed by atoms with Crippen LogP contribution in [-0.4, -0.2) is 37.2 Å². The molecule has 2 N–H and O–H groups in total. The number of hydrogen-bond donors (Lipinski definition) is 2. The highest BCUT2D eigenvalue weighted by Crippen LogP contribution is 2.29. The highest BCUT2D eigenvalue weighted by Gasteiger charge is 2.25. The minimum atomic E-state index is -1.16. The number of urea groups is 1. The number of carbonyl (C=O) groups excluding carboxylic acids is 3. The van der Waals surface area contributed by atoms with Crippen LogP contribution in [0, 0.1) is 6.92 Å². The van der Waals surface area contributed by atoms with Crippen LogP contribution in [0.25, 0.3) is 11.0 Å². The molecule has 1 atom stereocenters. The number of benzene rings is 1. The molecule has 1 heterocycles. The fourth-order valence-electron chi connectivity index (χ4n) is 2.34. The summed E-state index contributed by atoms with van der Waals surface area (Å²) in [6.07, 6.45) is -1.16. The van der Waals surface area contributed by atoms with Gasteiger partial charge in [-0.3, -0.25) is 10.1 Å². The molecule has 3 amide bonds. The molecule has 0 saturated carbocycles. The first-order valence-electron chi connectivity index (χ1n) is 8.33. The monoisotopic (exact) mass is 362 g/mol. The van der Waals surface area contributed by atoms with Crippen molar-refractivity contribution in [1.29, 1.82) is 0 Å². The largest absolute Gasteiger partial charge is 0.494 e. The summed E-state index contributed by atoms with van der Waals surface area (Å²) in [6, 6.07) is 4.57. The second-order valence-electron chi connectivity index (χ2n) is 5.54. The standard InChI is InChI=1S/C18H22N2O6/c1-5-19-18(23)20-16(21)11(4)25-17(22)15-10(3)13-9-12(24-6-2)7-8-14(13)26-15/h7-9,11H,5-6H2,1-4H3,(H2,19,20,21,23)/t11-/m0/s1. The van der Waals surface area contributed by atoms with Gasteiger partial charge < -0.3 is 19.2 Å². The first kappa shape index (κ1) is 19.3. The van der Waals surface area contributed by atoms with E-state index in [4.69, 9.17) is 13.9 Å². The Bertz CT molecular complexity index is 826. The fraction of sp³-hybridized carbons (Fsp3) is 0.389. The molecule has 0 fully saturated rings. The minimum Gasteiger partial charge on any atom is -0.494 e. The number of esters is 1. The molecule has 1 aromatic heterocycles. The van der Waals surface area contributed by atoms with Crippen LogP contribution in [0.4, 0.5) is 4.79 Å². The van der Waals surface area contributed by atoms with E-state index in [0.29, 0.717) is 30.0 Å². The van der Waals surface area contributed by atoms with Gasteiger partial charge in [-0.15, -0.1) is 0 Å². The number of imide groups is 1. The number of nitrogens with one attached hydrogen (secondary N) is 2. The SMILES string of the molecule is CCNC(=O)NC(=O)[C@H](C)OC(=O)c1oc2ccc(OCC)cc2c1C. The average Bonchev–Trinajstić information content (AvgIpc) is 2.92. The van der Waals surface area contributed by atoms with Crippen LogP contribution in [0.2, 0.25) is 0 Å². The molecule has 0 aliphatic heterocycles. The van der Waals surface area contributed by atoms with Gasteiger partial charge in [-0.05, 0) is 45.9 Å². The van der Waals surface area contributed by atoms with Crippen molar-refractivity contribution in [3.63, 3.8) is 0 Å². The predicted molar refractivity (Wildman–Crippen MR) is 94.2 cm³/mol. The summed E-state index contributed by atoms with van der Waals surface area (Å²) in [7, 11) is 0. The van der Waals surface area contributed by atoms with Crippen molar-refractivity contribution in [2.75, 3.05) is 13.2 Å². The number of rotatable bonds is 6. The van der Waals surface area contributed by atoms with Crippen molar-refractivity contribution in [3.05, 3.63) is 29.5 Å². The Hall–Kier alpha value is -3.03. The van der Waals surface area contributed by atoms with Crippen molar-refractivity contribution >= 4 is 28.9 Å². The third-order valence-electron chi connectivity index (χ3n) is 3.63. The van der Waals surface area contributed by atoms with Gasteiger partial charge in [-0.25, -0.2) is 9.59 Å². The third-order valence-corrected chi connectivity index (χ3v) is 3.63. The van der Waals surface area contributed by atoms with Crippen LogP contribution in [0.3, 0.4) is 0 Å². The van der Waals surface area contributed by atoms with E-state index >= 15 is 0 Å². The molecule has 0 aliphatic rings. The normalized spacial score (nSPS) is 11.7. The molecular weight excluding hydrogens is 340 g/mol. The molecule has 2 rings (SSSR count). The second kappa shape index (κ2) is 8.37. The van der Waals surface area contributed by atoms with Crippen LogP contribution >= 0.6 is 0 Å². The number of carbonyl (C=O) groups is 3. The fourth-order valence-corrected chi connectivity index (χ4v) is 2.34. The van der Waals surface area contributed by atoms with Gasteiger partial charge in [0, 0.05) is 17.5 Å². The molecule has 0 bridgehead atoms. The van der Waals surface area contributed by atoms with Crippen LogP contribution in [0.5, 0.6) is 5.75 Å². The summed E-state index contributed by atoms with van der Waals surface area (Å²) in [5, 5.41) is 5.23. The summed E-state index contributed by atoms with van der Waals surface area (Å²) in [4.78, 5) is 35.6. The molecule has 0 saturated heterocycles. The molecule has 0 radical (unpaired) electrons. The lowest BCUT2D eigenvalue weighted by molar-refractivity contribution is -0.128. The summed E-state index contributed by atoms with van der Waals surface area (Å²) in [5.41, 5.74) is 1.10. The number of aryl methyl sites for hydroxylation is 1. The Balaban J connectivity index is 2.12. The van der Waals surface area contributed by atoms with E-state index in [0.717, 1.165) is 5.39 Å². The third kappa shape index (κ3) is 4.33. The lowest BCUT2D eigenvalue weighted by Crippen LogP contribution is -2.44. The van der Waals surface area contributed by atoms with Gasteiger partial charge in [0.25, 0.3) is 5.91 Å². The highest BCUT2D eigenvalue weighted by molar-refractivity contribution is 6.00. The Morgan fingerprint density at radius 2 is 1.96 bits per heavy atom. The highest BCUT2D eigenvalue weighted by atomic mass is 16.6. The smallest absolute Gasteiger partial charge is 0.375 e. The molecule has 0 aliphatic carbocycles. The van der Waals surface area contributed by atoms with Crippen molar-refractivity contribution in [3.8, 4) is 5.75 Å². The molecule has 0 unspecified atom stereocenters. The zero-order valence-electron chi connectivity index (χ0n) is 15.2. The van der Waals surface area contributed by atoms with Gasteiger partial charge >= 0.3 is 12.0 Å². The second-order valence-corrected chi connectivity index (χ2v) is 5.54. The number of fused-ring (bicyclic) bond motifs is 1. The van der Waals surface area contributed by atoms with Crippen LogP contribution in [0.15, 0.2) is 22.6 Å². The average molecular weight is 362 g/mol. The molecule has 26 heavy (non-hydrogen) atoms. The van der Waals surface area contributed by atoms with E-state index in [1.54, 1.807) is 32.0 Å². The van der Waals surface area contributed by atoms with E-state index in [1.165, 1.54) is 6.92 Å². The van der Waals surface area contributed by atoms with Crippen LogP contribution < -0.4 is 15.4 Å². The zero-order valence-corrected chi connectivity index (χ0v) is 15.2. The summed E-state index contributed by atoms with van der Waals surface area (Å²) >= 11 is 0. The van der Waals surface area contributed by atoms with Gasteiger partial charge in [-0.1, -0.05) is 0 Å². The summed E-state index contributed by atoms with van der Waals surface area (Å²) in [5.74, 6) is -0.836. The Morgan fingerprint density at radius 1 is 1.23 bits per heavy atom. The maximum absolute atomic E-state index is 12.3. The van der Waals surface area contributed by atoms with Gasteiger partial charge in [0.2, 0.25) is 5.76 Å². The van der Waals surface area contributed by atoms with Crippen molar-refractivity contribution in [2.24, 2.45) is 0 Å². The first-order chi connectivity index (χ1) is 12.4. The Labute approximate surface area is 150 Å². The zero-order chi connectivity index (χ0) is 19.3. The van der Waals surface area contributed by atoms with E-state index in [1.807, 2.05) is 6.92 Å². The number of hydrogen-bond acceptors (Lipinski definition) is 6. The van der Waals surface area contributed by atoms with Gasteiger partial charge in [0.1, 0.15) is 11.3 Å². The summed E-state index contributed by atoms with van der Waals surface area (Å²) in [6.45, 7) is 7.58. The molecule has 0 spiro atoms. The van der Waals surface area contributed by atoms with E-state index < -0.39 is 24.0 Å². The Kier molecular flexibility index (Phi) is 6.21. The lowest BCUT2D eigenvalue weighted by Gasteiger charge is -2.12. The van der Waals surface area contributed by atoms with Crippen molar-refractivity contribution in [2.45, 2.75) is 33.8 Å². The van der Waals surface area contributed by atoms with E-state index in [9.17, 15) is 14.4 Å². The first-order valence-corrected chi connectivity index (χ1v) is 8.33. The van der Waals surface area contributed by atoms with Gasteiger partial charge in [0.05, 0.1) is 6.61 Å². The number of furan rings is 1. The van der Waals surface area contributed by atoms with E-state index in [2.05, 4.69) is 10.6 Å². The molecule has 2 aromatic rings.